The molecule has 2 heterocycles. The summed E-state index contributed by atoms with van der Waals surface area (Å²) in [7, 11) is -1.40. The van der Waals surface area contributed by atoms with Gasteiger partial charge in [-0.25, -0.2) is 16.0 Å². The lowest BCUT2D eigenvalue weighted by Crippen LogP contribution is -2.37. The Morgan fingerprint density at radius 1 is 1.28 bits per heavy atom. The minimum Gasteiger partial charge on any atom is -0.373 e. The van der Waals surface area contributed by atoms with Crippen molar-refractivity contribution in [2.24, 2.45) is 5.92 Å². The Bertz CT molecular complexity index is 859. The van der Waals surface area contributed by atoms with Crippen LogP contribution in [-0.2, 0) is 18.5 Å². The average molecular weight is 471 g/mol. The van der Waals surface area contributed by atoms with E-state index in [-0.39, 0.29) is 43.4 Å². The maximum Gasteiger partial charge on any atom is 0.330 e. The number of hydrogen-bond acceptors (Lipinski definition) is 7. The molecule has 11 heteroatoms. The van der Waals surface area contributed by atoms with Crippen LogP contribution in [0.4, 0.5) is 0 Å². The Hall–Kier alpha value is -1.60. The van der Waals surface area contributed by atoms with Crippen molar-refractivity contribution in [2.45, 2.75) is 72.1 Å². The molecular formula is C21H35N4O6P. The monoisotopic (exact) mass is 470 g/mol. The predicted octanol–water partition coefficient (Wildman–Crippen LogP) is 2.77. The number of nitrogens with one attached hydrogen (secondary N) is 1. The molecule has 0 aliphatic carbocycles. The Balaban J connectivity index is 2.19. The molecule has 1 aliphatic rings. The third kappa shape index (κ3) is 6.70. The lowest BCUT2D eigenvalue weighted by Gasteiger charge is -2.36. The van der Waals surface area contributed by atoms with Crippen LogP contribution in [0.5, 0.6) is 0 Å². The summed E-state index contributed by atoms with van der Waals surface area (Å²) in [5.74, 6) is -0.0644. The van der Waals surface area contributed by atoms with Crippen molar-refractivity contribution in [1.29, 1.82) is 0 Å². The summed E-state index contributed by atoms with van der Waals surface area (Å²) in [6, 6.07) is 1.68. The lowest BCUT2D eigenvalue weighted by molar-refractivity contribution is -0.0698. The van der Waals surface area contributed by atoms with E-state index in [4.69, 9.17) is 25.1 Å². The molecule has 0 amide bonds. The first-order valence-corrected chi connectivity index (χ1v) is 12.1. The molecule has 10 nitrogen and oxygen atoms in total. The minimum absolute atomic E-state index is 0.0644. The maximum atomic E-state index is 12.3. The zero-order valence-electron chi connectivity index (χ0n) is 19.7. The molecule has 1 aromatic rings. The van der Waals surface area contributed by atoms with Crippen LogP contribution < -0.4 is 11.2 Å². The zero-order valence-corrected chi connectivity index (χ0v) is 20.6. The van der Waals surface area contributed by atoms with Crippen molar-refractivity contribution < 1.29 is 18.5 Å². The standard InChI is InChI=1S/C21H35N4O6P/c1-8-28-19-16(6)17(31-20(19)24-11-9-18(26)23-21(24)27)13-30-32(29-12-10-22-7)25(14(2)3)15(4)5/h9,11,14-17,19-20H,8,10,12-13H2,1-6H3,(H,23,26,27)/t16-,17-,19-,20-,32?/m1/s1. The fourth-order valence-corrected chi connectivity index (χ4v) is 5.37. The van der Waals surface area contributed by atoms with E-state index >= 15 is 0 Å². The average Bonchev–Trinajstić information content (AvgIpc) is 3.01. The molecule has 0 radical (unpaired) electrons. The Morgan fingerprint density at radius 2 is 1.97 bits per heavy atom. The Kier molecular flexibility index (Phi) is 10.5. The van der Waals surface area contributed by atoms with Crippen molar-refractivity contribution in [3.05, 3.63) is 44.5 Å². The van der Waals surface area contributed by atoms with Crippen LogP contribution in [0.15, 0.2) is 21.9 Å². The number of nitrogens with zero attached hydrogens (tertiary/aromatic N) is 3. The normalized spacial score (nSPS) is 24.4. The van der Waals surface area contributed by atoms with Crippen LogP contribution in [0.2, 0.25) is 0 Å². The molecule has 1 N–H and O–H groups in total. The van der Waals surface area contributed by atoms with Gasteiger partial charge in [-0.15, -0.1) is 0 Å². The van der Waals surface area contributed by atoms with Crippen LogP contribution in [-0.4, -0.2) is 64.9 Å². The van der Waals surface area contributed by atoms with Gasteiger partial charge in [0.25, 0.3) is 14.1 Å². The quantitative estimate of drug-likeness (QED) is 0.285. The van der Waals surface area contributed by atoms with Gasteiger partial charge in [-0.1, -0.05) is 6.92 Å². The van der Waals surface area contributed by atoms with E-state index in [1.54, 1.807) is 0 Å². The summed E-state index contributed by atoms with van der Waals surface area (Å²) >= 11 is 0. The van der Waals surface area contributed by atoms with E-state index in [1.165, 1.54) is 16.8 Å². The Labute approximate surface area is 190 Å². The zero-order chi connectivity index (χ0) is 23.8. The van der Waals surface area contributed by atoms with E-state index in [2.05, 4.69) is 42.2 Å². The lowest BCUT2D eigenvalue weighted by atomic mass is 10.0. The molecule has 0 bridgehead atoms. The van der Waals surface area contributed by atoms with Gasteiger partial charge in [-0.2, -0.15) is 0 Å². The summed E-state index contributed by atoms with van der Waals surface area (Å²) in [6.45, 7) is 20.5. The Morgan fingerprint density at radius 3 is 2.53 bits per heavy atom. The van der Waals surface area contributed by atoms with E-state index < -0.39 is 26.0 Å². The molecule has 5 atom stereocenters. The van der Waals surface area contributed by atoms with E-state index in [9.17, 15) is 9.59 Å². The van der Waals surface area contributed by atoms with E-state index in [0.717, 1.165) is 0 Å². The molecule has 1 aromatic heterocycles. The van der Waals surface area contributed by atoms with Gasteiger partial charge in [0.2, 0.25) is 6.54 Å². The molecule has 2 rings (SSSR count). The number of aromatic amines is 1. The number of ether oxygens (including phenoxy) is 2. The highest BCUT2D eigenvalue weighted by atomic mass is 31.2. The first kappa shape index (κ1) is 26.7. The first-order chi connectivity index (χ1) is 15.2. The summed E-state index contributed by atoms with van der Waals surface area (Å²) in [4.78, 5) is 29.4. The minimum atomic E-state index is -1.40. The topological polar surface area (TPSA) is 99.4 Å². The molecule has 1 unspecified atom stereocenters. The molecule has 180 valence electrons. The van der Waals surface area contributed by atoms with Crippen molar-refractivity contribution in [3.8, 4) is 0 Å². The van der Waals surface area contributed by atoms with Crippen LogP contribution in [0.1, 0.15) is 47.8 Å². The number of aromatic nitrogens is 2. The van der Waals surface area contributed by atoms with Crippen molar-refractivity contribution in [1.82, 2.24) is 14.2 Å². The fraction of sp³-hybridized carbons (Fsp3) is 0.762. The largest absolute Gasteiger partial charge is 0.373 e. The second kappa shape index (κ2) is 12.6. The molecule has 1 fully saturated rings. The summed E-state index contributed by atoms with van der Waals surface area (Å²) in [5, 5.41) is 0. The molecule has 32 heavy (non-hydrogen) atoms. The molecule has 0 aromatic carbocycles. The van der Waals surface area contributed by atoms with E-state index in [0.29, 0.717) is 13.2 Å². The third-order valence-corrected chi connectivity index (χ3v) is 7.26. The van der Waals surface area contributed by atoms with Gasteiger partial charge in [0.15, 0.2) is 6.23 Å². The number of rotatable bonds is 12. The van der Waals surface area contributed by atoms with Gasteiger partial charge in [-0.05, 0) is 34.6 Å². The SMILES string of the molecule is [C-]#[N+]CCOP(OC[C@H]1O[C@@H](n2ccc(=O)[nH]c2=O)[C@H](OCC)[C@@H]1C)N(C(C)C)C(C)C. The molecule has 0 saturated carbocycles. The highest BCUT2D eigenvalue weighted by molar-refractivity contribution is 7.44. The van der Waals surface area contributed by atoms with E-state index in [1.807, 2.05) is 13.8 Å². The first-order valence-electron chi connectivity index (χ1n) is 11.0. The van der Waals surface area contributed by atoms with Crippen molar-refractivity contribution in [3.63, 3.8) is 0 Å². The maximum absolute atomic E-state index is 12.3. The molecule has 0 spiro atoms. The molecular weight excluding hydrogens is 435 g/mol. The van der Waals surface area contributed by atoms with Gasteiger partial charge in [0.1, 0.15) is 12.7 Å². The molecule has 1 aliphatic heterocycles. The van der Waals surface area contributed by atoms with Gasteiger partial charge in [-0.3, -0.25) is 14.3 Å². The highest BCUT2D eigenvalue weighted by Gasteiger charge is 2.44. The van der Waals surface area contributed by atoms with Gasteiger partial charge in [0, 0.05) is 36.9 Å². The van der Waals surface area contributed by atoms with Crippen molar-refractivity contribution >= 4 is 8.53 Å². The van der Waals surface area contributed by atoms with Gasteiger partial charge in [0.05, 0.1) is 12.7 Å². The second-order valence-electron chi connectivity index (χ2n) is 8.18. The summed E-state index contributed by atoms with van der Waals surface area (Å²) in [5.41, 5.74) is -1.01. The second-order valence-corrected chi connectivity index (χ2v) is 9.63. The van der Waals surface area contributed by atoms with Crippen LogP contribution in [0.25, 0.3) is 4.85 Å². The smallest absolute Gasteiger partial charge is 0.330 e. The number of H-pyrrole nitrogens is 1. The number of hydrogen-bond donors (Lipinski definition) is 1. The summed E-state index contributed by atoms with van der Waals surface area (Å²) in [6.07, 6.45) is 0.0280. The molecule has 1 saturated heterocycles. The summed E-state index contributed by atoms with van der Waals surface area (Å²) < 4.78 is 27.8. The van der Waals surface area contributed by atoms with Crippen LogP contribution in [0, 0.1) is 12.5 Å². The fourth-order valence-electron chi connectivity index (χ4n) is 3.77. The predicted molar refractivity (Wildman–Crippen MR) is 122 cm³/mol. The third-order valence-electron chi connectivity index (χ3n) is 5.19. The van der Waals surface area contributed by atoms with Crippen molar-refractivity contribution in [2.75, 3.05) is 26.4 Å². The van der Waals surface area contributed by atoms with Gasteiger partial charge < -0.3 is 23.4 Å². The highest BCUT2D eigenvalue weighted by Crippen LogP contribution is 2.47. The van der Waals surface area contributed by atoms with Crippen LogP contribution >= 0.6 is 8.53 Å². The van der Waals surface area contributed by atoms with Gasteiger partial charge >= 0.3 is 5.69 Å². The van der Waals surface area contributed by atoms with Crippen LogP contribution in [0.3, 0.4) is 0 Å².